The standard InChI is InChI=1S/C23H36N4O6P2S/c1-22(19-11-5-3-6-12-19,15-10-18-32-34(24,28)29)27-21(36)26-17-9-16-23(2,33-35(25,30)31)20-13-7-4-8-14-20/h3-8,11-14H,9-10,15-18H2,1-2H3,(H3,24,28,29)(H3,25,30,31)(H2,26,27,36). The lowest BCUT2D eigenvalue weighted by Crippen LogP contribution is -2.48. The van der Waals surface area contributed by atoms with Crippen LogP contribution in [0.1, 0.15) is 50.7 Å². The summed E-state index contributed by atoms with van der Waals surface area (Å²) >= 11 is 5.53. The molecule has 0 radical (unpaired) electrons. The van der Waals surface area contributed by atoms with Crippen molar-refractivity contribution in [1.29, 1.82) is 0 Å². The number of nitrogens with two attached hydrogens (primary N) is 2. The molecule has 0 amide bonds. The second-order valence-corrected chi connectivity index (χ2v) is 12.0. The summed E-state index contributed by atoms with van der Waals surface area (Å²) in [5.41, 5.74) is 10.5. The summed E-state index contributed by atoms with van der Waals surface area (Å²) in [6, 6.07) is 18.9. The summed E-state index contributed by atoms with van der Waals surface area (Å²) in [5.74, 6) is 0. The fraction of sp³-hybridized carbons (Fsp3) is 0.435. The Morgan fingerprint density at radius 2 is 1.47 bits per heavy atom. The topological polar surface area (TPSA) is 169 Å². The van der Waals surface area contributed by atoms with Gasteiger partial charge in [-0.25, -0.2) is 20.1 Å². The molecule has 4 atom stereocenters. The van der Waals surface area contributed by atoms with Gasteiger partial charge >= 0.3 is 15.5 Å². The molecule has 0 aromatic heterocycles. The third-order valence-corrected chi connectivity index (χ3v) is 7.19. The highest BCUT2D eigenvalue weighted by Crippen LogP contribution is 2.44. The highest BCUT2D eigenvalue weighted by molar-refractivity contribution is 7.80. The van der Waals surface area contributed by atoms with E-state index in [0.29, 0.717) is 37.3 Å². The first-order chi connectivity index (χ1) is 16.7. The summed E-state index contributed by atoms with van der Waals surface area (Å²) < 4.78 is 33.2. The Morgan fingerprint density at radius 1 is 0.917 bits per heavy atom. The van der Waals surface area contributed by atoms with Crippen molar-refractivity contribution in [3.8, 4) is 0 Å². The van der Waals surface area contributed by atoms with Crippen LogP contribution in [0.5, 0.6) is 0 Å². The molecule has 4 unspecified atom stereocenters. The lowest BCUT2D eigenvalue weighted by molar-refractivity contribution is 0.0608. The van der Waals surface area contributed by atoms with Gasteiger partial charge in [-0.2, -0.15) is 0 Å². The van der Waals surface area contributed by atoms with Gasteiger partial charge in [0.05, 0.1) is 12.1 Å². The molecule has 36 heavy (non-hydrogen) atoms. The minimum atomic E-state index is -4.22. The van der Waals surface area contributed by atoms with Crippen LogP contribution in [0.2, 0.25) is 0 Å². The van der Waals surface area contributed by atoms with Crippen LogP contribution >= 0.6 is 27.7 Å². The monoisotopic (exact) mass is 558 g/mol. The first kappa shape index (κ1) is 30.6. The summed E-state index contributed by atoms with van der Waals surface area (Å²) in [5, 5.41) is 6.94. The fourth-order valence-corrected chi connectivity index (χ4v) is 5.44. The second kappa shape index (κ2) is 13.2. The van der Waals surface area contributed by atoms with Gasteiger partial charge in [0.2, 0.25) is 0 Å². The number of hydrogen-bond acceptors (Lipinski definition) is 5. The molecule has 0 saturated carbocycles. The quantitative estimate of drug-likeness (QED) is 0.113. The molecule has 0 aliphatic heterocycles. The first-order valence-electron chi connectivity index (χ1n) is 11.5. The summed E-state index contributed by atoms with van der Waals surface area (Å²) in [6.45, 7) is 4.22. The van der Waals surface area contributed by atoms with Crippen LogP contribution in [0.15, 0.2) is 60.7 Å². The molecule has 200 valence electrons. The lowest BCUT2D eigenvalue weighted by atomic mass is 9.87. The van der Waals surface area contributed by atoms with E-state index in [9.17, 15) is 14.0 Å². The van der Waals surface area contributed by atoms with Gasteiger partial charge < -0.3 is 20.4 Å². The zero-order valence-corrected chi connectivity index (χ0v) is 23.1. The first-order valence-corrected chi connectivity index (χ1v) is 15.2. The summed E-state index contributed by atoms with van der Waals surface area (Å²) in [4.78, 5) is 18.8. The summed E-state index contributed by atoms with van der Waals surface area (Å²) in [6.07, 6.45) is 2.02. The molecule has 0 aliphatic rings. The van der Waals surface area contributed by atoms with E-state index in [-0.39, 0.29) is 6.61 Å². The predicted octanol–water partition coefficient (Wildman–Crippen LogP) is 3.99. The van der Waals surface area contributed by atoms with E-state index in [1.165, 1.54) is 0 Å². The lowest BCUT2D eigenvalue weighted by Gasteiger charge is -2.33. The van der Waals surface area contributed by atoms with Crippen LogP contribution in [-0.4, -0.2) is 28.1 Å². The molecule has 8 N–H and O–H groups in total. The van der Waals surface area contributed by atoms with Crippen LogP contribution in [0.4, 0.5) is 0 Å². The Morgan fingerprint density at radius 3 is 2.00 bits per heavy atom. The number of hydrogen-bond donors (Lipinski definition) is 6. The molecule has 2 aromatic rings. The average Bonchev–Trinajstić information content (AvgIpc) is 2.79. The maximum atomic E-state index is 11.8. The molecule has 13 heteroatoms. The van der Waals surface area contributed by atoms with E-state index in [4.69, 9.17) is 37.2 Å². The van der Waals surface area contributed by atoms with Crippen LogP contribution in [0.25, 0.3) is 0 Å². The fourth-order valence-electron chi connectivity index (χ4n) is 3.95. The minimum Gasteiger partial charge on any atom is -0.363 e. The smallest absolute Gasteiger partial charge is 0.363 e. The predicted molar refractivity (Wildman–Crippen MR) is 145 cm³/mol. The number of nitrogens with one attached hydrogen (secondary N) is 2. The molecule has 0 aliphatic carbocycles. The van der Waals surface area contributed by atoms with Crippen molar-refractivity contribution in [2.45, 2.75) is 50.7 Å². The van der Waals surface area contributed by atoms with Crippen molar-refractivity contribution in [2.24, 2.45) is 11.0 Å². The number of benzene rings is 2. The Kier molecular flexibility index (Phi) is 11.2. The molecular weight excluding hydrogens is 522 g/mol. The molecule has 0 spiro atoms. The SMILES string of the molecule is CC(CCCOP(N)(=O)O)(NC(=S)NCCCC(C)(OP(N)(=O)O)c1ccccc1)c1ccccc1. The van der Waals surface area contributed by atoms with E-state index < -0.39 is 26.6 Å². The zero-order chi connectivity index (χ0) is 26.9. The minimum absolute atomic E-state index is 0.0303. The largest absolute Gasteiger partial charge is 0.401 e. The maximum Gasteiger partial charge on any atom is 0.401 e. The Balaban J connectivity index is 1.98. The molecule has 2 rings (SSSR count). The second-order valence-electron chi connectivity index (χ2n) is 8.94. The maximum absolute atomic E-state index is 11.8. The van der Waals surface area contributed by atoms with E-state index in [1.807, 2.05) is 67.6 Å². The molecule has 0 saturated heterocycles. The van der Waals surface area contributed by atoms with E-state index in [0.717, 1.165) is 11.1 Å². The third-order valence-electron chi connectivity index (χ3n) is 5.73. The van der Waals surface area contributed by atoms with Gasteiger partial charge in [0, 0.05) is 6.54 Å². The van der Waals surface area contributed by atoms with Crippen LogP contribution in [0, 0.1) is 0 Å². The molecule has 10 nitrogen and oxygen atoms in total. The Labute approximate surface area is 217 Å². The van der Waals surface area contributed by atoms with Crippen molar-refractivity contribution < 1.29 is 28.0 Å². The van der Waals surface area contributed by atoms with Gasteiger partial charge in [-0.3, -0.25) is 9.05 Å². The van der Waals surface area contributed by atoms with E-state index in [1.54, 1.807) is 6.92 Å². The van der Waals surface area contributed by atoms with Crippen molar-refractivity contribution in [3.05, 3.63) is 71.8 Å². The van der Waals surface area contributed by atoms with Crippen molar-refractivity contribution >= 4 is 32.8 Å². The summed E-state index contributed by atoms with van der Waals surface area (Å²) in [7, 11) is -8.24. The van der Waals surface area contributed by atoms with Gasteiger partial charge in [0.15, 0.2) is 5.11 Å². The highest BCUT2D eigenvalue weighted by Gasteiger charge is 2.34. The third kappa shape index (κ3) is 10.8. The van der Waals surface area contributed by atoms with Gasteiger partial charge in [0.25, 0.3) is 0 Å². The van der Waals surface area contributed by atoms with Gasteiger partial charge in [-0.15, -0.1) is 0 Å². The molecular formula is C23H36N4O6P2S. The van der Waals surface area contributed by atoms with E-state index in [2.05, 4.69) is 10.6 Å². The normalized spacial score (nSPS) is 18.2. The van der Waals surface area contributed by atoms with Crippen molar-refractivity contribution in [2.75, 3.05) is 13.2 Å². The Hall–Kier alpha value is -1.65. The number of rotatable bonds is 14. The highest BCUT2D eigenvalue weighted by atomic mass is 32.1. The average molecular weight is 559 g/mol. The molecule has 0 bridgehead atoms. The van der Waals surface area contributed by atoms with Crippen LogP contribution < -0.4 is 21.6 Å². The van der Waals surface area contributed by atoms with Gasteiger partial charge in [-0.05, 0) is 62.9 Å². The Bertz CT molecular complexity index is 1070. The van der Waals surface area contributed by atoms with E-state index >= 15 is 0 Å². The van der Waals surface area contributed by atoms with Crippen LogP contribution in [0.3, 0.4) is 0 Å². The number of thiocarbonyl (C=S) groups is 1. The van der Waals surface area contributed by atoms with Crippen LogP contribution in [-0.2, 0) is 29.3 Å². The van der Waals surface area contributed by atoms with Crippen molar-refractivity contribution in [3.63, 3.8) is 0 Å². The zero-order valence-electron chi connectivity index (χ0n) is 20.5. The molecule has 2 aromatic carbocycles. The molecule has 0 fully saturated rings. The van der Waals surface area contributed by atoms with Gasteiger partial charge in [0.1, 0.15) is 5.60 Å². The van der Waals surface area contributed by atoms with Crippen molar-refractivity contribution in [1.82, 2.24) is 10.6 Å². The van der Waals surface area contributed by atoms with Gasteiger partial charge in [-0.1, -0.05) is 60.7 Å². The molecule has 0 heterocycles.